The summed E-state index contributed by atoms with van der Waals surface area (Å²) >= 11 is 4.64. The van der Waals surface area contributed by atoms with Crippen LogP contribution in [0.2, 0.25) is 0 Å². The first-order valence-electron chi connectivity index (χ1n) is 10.1. The molecular weight excluding hydrogens is 501 g/mol. The van der Waals surface area contributed by atoms with Crippen LogP contribution in [0.25, 0.3) is 0 Å². The molecule has 4 rings (SSSR count). The summed E-state index contributed by atoms with van der Waals surface area (Å²) in [5.74, 6) is -1.69. The van der Waals surface area contributed by atoms with Crippen molar-refractivity contribution in [3.05, 3.63) is 61.9 Å². The van der Waals surface area contributed by atoms with Gasteiger partial charge in [0.25, 0.3) is 0 Å². The van der Waals surface area contributed by atoms with Crippen LogP contribution < -0.4 is 5.32 Å². The van der Waals surface area contributed by atoms with Crippen LogP contribution >= 0.6 is 27.3 Å². The van der Waals surface area contributed by atoms with E-state index < -0.39 is 17.8 Å². The molecule has 2 aliphatic rings. The van der Waals surface area contributed by atoms with E-state index in [4.69, 9.17) is 4.74 Å². The fourth-order valence-electron chi connectivity index (χ4n) is 4.31. The van der Waals surface area contributed by atoms with Gasteiger partial charge in [0.05, 0.1) is 23.1 Å². The Balaban J connectivity index is 1.78. The van der Waals surface area contributed by atoms with Gasteiger partial charge in [-0.2, -0.15) is 0 Å². The maximum atomic E-state index is 14.3. The highest BCUT2D eigenvalue weighted by atomic mass is 79.9. The summed E-state index contributed by atoms with van der Waals surface area (Å²) < 4.78 is 19.4. The molecule has 0 spiro atoms. The number of carbonyl (C=O) groups is 2. The number of ether oxygens (including phenoxy) is 1. The SMILES string of the molecule is COC(=O)C1CCC(C2=C(C(=O)O)C(c3cccc(F)c3Br)N=C(c3nccs3)N2)CC1. The second-order valence-corrected chi connectivity index (χ2v) is 9.38. The predicted octanol–water partition coefficient (Wildman–Crippen LogP) is 4.45. The van der Waals surface area contributed by atoms with Crippen LogP contribution in [-0.4, -0.2) is 35.0 Å². The van der Waals surface area contributed by atoms with Crippen LogP contribution in [0.1, 0.15) is 42.3 Å². The van der Waals surface area contributed by atoms with E-state index in [1.165, 1.54) is 30.6 Å². The number of aromatic nitrogens is 1. The minimum Gasteiger partial charge on any atom is -0.478 e. The third-order valence-corrected chi connectivity index (χ3v) is 7.50. The molecule has 2 N–H and O–H groups in total. The molecule has 0 amide bonds. The van der Waals surface area contributed by atoms with E-state index in [1.54, 1.807) is 12.3 Å². The number of aliphatic carboxylic acids is 1. The zero-order valence-electron chi connectivity index (χ0n) is 17.2. The van der Waals surface area contributed by atoms with Gasteiger partial charge in [0.2, 0.25) is 0 Å². The minimum absolute atomic E-state index is 0.0816. The number of thiazole rings is 1. The normalized spacial score (nSPS) is 23.3. The molecular formula is C22H21BrFN3O4S. The van der Waals surface area contributed by atoms with Crippen molar-refractivity contribution in [2.45, 2.75) is 31.7 Å². The molecule has 1 saturated carbocycles. The number of carboxylic acid groups (broad SMARTS) is 1. The van der Waals surface area contributed by atoms with Gasteiger partial charge in [-0.15, -0.1) is 11.3 Å². The molecule has 0 bridgehead atoms. The average Bonchev–Trinajstić information content (AvgIpc) is 3.34. The van der Waals surface area contributed by atoms with Crippen LogP contribution in [0.4, 0.5) is 4.39 Å². The van der Waals surface area contributed by atoms with E-state index in [-0.39, 0.29) is 27.9 Å². The molecule has 1 aliphatic heterocycles. The van der Waals surface area contributed by atoms with Crippen molar-refractivity contribution < 1.29 is 23.8 Å². The van der Waals surface area contributed by atoms with Crippen molar-refractivity contribution in [3.8, 4) is 0 Å². The predicted molar refractivity (Wildman–Crippen MR) is 121 cm³/mol. The molecule has 1 unspecified atom stereocenters. The Morgan fingerprint density at radius 3 is 2.66 bits per heavy atom. The Morgan fingerprint density at radius 1 is 1.28 bits per heavy atom. The lowest BCUT2D eigenvalue weighted by atomic mass is 9.78. The number of methoxy groups -OCH3 is 1. The molecule has 1 aromatic carbocycles. The monoisotopic (exact) mass is 521 g/mol. The zero-order chi connectivity index (χ0) is 22.8. The summed E-state index contributed by atoms with van der Waals surface area (Å²) in [7, 11) is 1.38. The van der Waals surface area contributed by atoms with Crippen LogP contribution in [0, 0.1) is 17.7 Å². The maximum Gasteiger partial charge on any atom is 0.335 e. The number of aliphatic imine (C=N–C) groups is 1. The van der Waals surface area contributed by atoms with Crippen molar-refractivity contribution in [2.75, 3.05) is 7.11 Å². The number of amidine groups is 1. The summed E-state index contributed by atoms with van der Waals surface area (Å²) in [5.41, 5.74) is 1.05. The van der Waals surface area contributed by atoms with E-state index in [0.717, 1.165) is 0 Å². The number of halogens is 2. The van der Waals surface area contributed by atoms with Gasteiger partial charge in [-0.1, -0.05) is 12.1 Å². The third-order valence-electron chi connectivity index (χ3n) is 5.89. The molecule has 10 heteroatoms. The average molecular weight is 522 g/mol. The van der Waals surface area contributed by atoms with Crippen molar-refractivity contribution in [1.29, 1.82) is 0 Å². The molecule has 2 aromatic rings. The van der Waals surface area contributed by atoms with Gasteiger partial charge in [-0.25, -0.2) is 14.2 Å². The van der Waals surface area contributed by atoms with E-state index in [0.29, 0.717) is 47.8 Å². The van der Waals surface area contributed by atoms with Gasteiger partial charge in [0.1, 0.15) is 11.9 Å². The second-order valence-electron chi connectivity index (χ2n) is 7.69. The Hall–Kier alpha value is -2.59. The Morgan fingerprint density at radius 2 is 2.03 bits per heavy atom. The summed E-state index contributed by atoms with van der Waals surface area (Å²) in [6.07, 6.45) is 4.11. The number of rotatable bonds is 5. The number of nitrogens with one attached hydrogen (secondary N) is 1. The van der Waals surface area contributed by atoms with Crippen LogP contribution in [0.5, 0.6) is 0 Å². The van der Waals surface area contributed by atoms with Crippen molar-refractivity contribution in [2.24, 2.45) is 16.8 Å². The Kier molecular flexibility index (Phi) is 6.71. The van der Waals surface area contributed by atoms with E-state index in [1.807, 2.05) is 5.38 Å². The Bertz CT molecular complexity index is 1090. The summed E-state index contributed by atoms with van der Waals surface area (Å²) in [6, 6.07) is 3.60. The number of nitrogens with zero attached hydrogens (tertiary/aromatic N) is 2. The summed E-state index contributed by atoms with van der Waals surface area (Å²) in [4.78, 5) is 33.3. The number of carboxylic acids is 1. The van der Waals surface area contributed by atoms with Crippen molar-refractivity contribution in [3.63, 3.8) is 0 Å². The van der Waals surface area contributed by atoms with Gasteiger partial charge in [-0.3, -0.25) is 9.79 Å². The molecule has 1 fully saturated rings. The minimum atomic E-state index is -1.12. The standard InChI is InChI=1S/C22H21BrFN3O4S/c1-31-22(30)12-7-5-11(6-8-12)17-15(21(28)29)18(13-3-2-4-14(24)16(13)23)27-19(26-17)20-25-9-10-32-20/h2-4,9-12,18H,5-8H2,1H3,(H,26,27)(H,28,29). The number of hydrogen-bond donors (Lipinski definition) is 2. The van der Waals surface area contributed by atoms with Gasteiger partial charge >= 0.3 is 11.9 Å². The molecule has 2 heterocycles. The lowest BCUT2D eigenvalue weighted by Crippen LogP contribution is -2.38. The number of carbonyl (C=O) groups excluding carboxylic acids is 1. The Labute approximate surface area is 196 Å². The molecule has 32 heavy (non-hydrogen) atoms. The van der Waals surface area contributed by atoms with Gasteiger partial charge in [0.15, 0.2) is 10.8 Å². The molecule has 1 atom stereocenters. The molecule has 1 aromatic heterocycles. The molecule has 0 radical (unpaired) electrons. The lowest BCUT2D eigenvalue weighted by molar-refractivity contribution is -0.146. The van der Waals surface area contributed by atoms with Crippen molar-refractivity contribution >= 4 is 45.0 Å². The smallest absolute Gasteiger partial charge is 0.335 e. The van der Waals surface area contributed by atoms with Crippen LogP contribution in [0.3, 0.4) is 0 Å². The molecule has 1 aliphatic carbocycles. The molecule has 0 saturated heterocycles. The fourth-order valence-corrected chi connectivity index (χ4v) is 5.38. The summed E-state index contributed by atoms with van der Waals surface area (Å²) in [5, 5.41) is 15.8. The first-order chi connectivity index (χ1) is 15.4. The highest BCUT2D eigenvalue weighted by molar-refractivity contribution is 9.10. The van der Waals surface area contributed by atoms with E-state index in [9.17, 15) is 19.1 Å². The quantitative estimate of drug-likeness (QED) is 0.563. The van der Waals surface area contributed by atoms with Gasteiger partial charge < -0.3 is 15.2 Å². The number of allylic oxidation sites excluding steroid dienone is 1. The topological polar surface area (TPSA) is 101 Å². The van der Waals surface area contributed by atoms with E-state index in [2.05, 4.69) is 31.2 Å². The first-order valence-corrected chi connectivity index (χ1v) is 11.8. The van der Waals surface area contributed by atoms with Crippen LogP contribution in [0.15, 0.2) is 50.5 Å². The lowest BCUT2D eigenvalue weighted by Gasteiger charge is -2.34. The molecule has 7 nitrogen and oxygen atoms in total. The number of benzene rings is 1. The summed E-state index contributed by atoms with van der Waals surface area (Å²) in [6.45, 7) is 0. The van der Waals surface area contributed by atoms with Gasteiger partial charge in [-0.05, 0) is 59.2 Å². The van der Waals surface area contributed by atoms with Gasteiger partial charge in [0, 0.05) is 17.3 Å². The van der Waals surface area contributed by atoms with E-state index >= 15 is 0 Å². The number of esters is 1. The number of hydrogen-bond acceptors (Lipinski definition) is 7. The highest BCUT2D eigenvalue weighted by Crippen LogP contribution is 2.42. The third kappa shape index (κ3) is 4.33. The van der Waals surface area contributed by atoms with Crippen LogP contribution in [-0.2, 0) is 14.3 Å². The zero-order valence-corrected chi connectivity index (χ0v) is 19.6. The maximum absolute atomic E-state index is 14.3. The first kappa shape index (κ1) is 22.6. The largest absolute Gasteiger partial charge is 0.478 e. The van der Waals surface area contributed by atoms with Crippen molar-refractivity contribution in [1.82, 2.24) is 10.3 Å². The second kappa shape index (κ2) is 9.50. The highest BCUT2D eigenvalue weighted by Gasteiger charge is 2.38. The fraction of sp³-hybridized carbons (Fsp3) is 0.364. The molecule has 168 valence electrons.